The molecule has 0 bridgehead atoms. The maximum Gasteiger partial charge on any atom is 0.380 e. The standard InChI is InChI=1S/C17H12ClNO4.ClH/c1-9-6-12-14(7-13(9)18)23-17(21)16(22-10(2)20)15(12)11-4-3-5-19-8-11;/h3-8H,1-2H3;1H. The Kier molecular flexibility index (Phi) is 5.26. The van der Waals surface area contributed by atoms with E-state index in [9.17, 15) is 9.59 Å². The molecule has 24 heavy (non-hydrogen) atoms. The maximum atomic E-state index is 12.3. The van der Waals surface area contributed by atoms with Gasteiger partial charge in [-0.15, -0.1) is 12.4 Å². The topological polar surface area (TPSA) is 69.4 Å². The van der Waals surface area contributed by atoms with Crippen LogP contribution in [-0.2, 0) is 4.79 Å². The first-order valence-corrected chi connectivity index (χ1v) is 7.21. The van der Waals surface area contributed by atoms with E-state index >= 15 is 0 Å². The van der Waals surface area contributed by atoms with E-state index in [0.717, 1.165) is 5.56 Å². The lowest BCUT2D eigenvalue weighted by Crippen LogP contribution is -2.12. The quantitative estimate of drug-likeness (QED) is 0.503. The van der Waals surface area contributed by atoms with Crippen LogP contribution in [0.25, 0.3) is 22.1 Å². The summed E-state index contributed by atoms with van der Waals surface area (Å²) in [5.74, 6) is -0.757. The van der Waals surface area contributed by atoms with Gasteiger partial charge in [0.05, 0.1) is 0 Å². The third-order valence-electron chi connectivity index (χ3n) is 3.34. The number of benzene rings is 1. The molecule has 0 aliphatic heterocycles. The van der Waals surface area contributed by atoms with Crippen LogP contribution in [0.2, 0.25) is 5.02 Å². The summed E-state index contributed by atoms with van der Waals surface area (Å²) in [4.78, 5) is 27.7. The van der Waals surface area contributed by atoms with Gasteiger partial charge in [-0.2, -0.15) is 0 Å². The number of pyridine rings is 1. The Labute approximate surface area is 148 Å². The lowest BCUT2D eigenvalue weighted by atomic mass is 10.0. The summed E-state index contributed by atoms with van der Waals surface area (Å²) in [7, 11) is 0. The van der Waals surface area contributed by atoms with Crippen molar-refractivity contribution in [3.8, 4) is 16.9 Å². The Balaban J connectivity index is 0.00000208. The van der Waals surface area contributed by atoms with Gasteiger partial charge in [-0.1, -0.05) is 17.7 Å². The van der Waals surface area contributed by atoms with E-state index in [1.165, 1.54) is 6.92 Å². The largest absolute Gasteiger partial charge is 0.420 e. The van der Waals surface area contributed by atoms with E-state index < -0.39 is 11.6 Å². The predicted octanol–water partition coefficient (Wildman–Crippen LogP) is 4.16. The van der Waals surface area contributed by atoms with E-state index in [1.54, 1.807) is 36.7 Å². The van der Waals surface area contributed by atoms with Crippen LogP contribution in [0.15, 0.2) is 45.9 Å². The number of hydrogen-bond acceptors (Lipinski definition) is 5. The highest BCUT2D eigenvalue weighted by Crippen LogP contribution is 2.36. The first-order valence-electron chi connectivity index (χ1n) is 6.83. The van der Waals surface area contributed by atoms with Crippen molar-refractivity contribution in [3.63, 3.8) is 0 Å². The van der Waals surface area contributed by atoms with Crippen molar-refractivity contribution in [3.05, 3.63) is 57.7 Å². The summed E-state index contributed by atoms with van der Waals surface area (Å²) in [5, 5.41) is 1.11. The average Bonchev–Trinajstić information content (AvgIpc) is 2.51. The molecule has 2 aromatic heterocycles. The number of esters is 1. The summed E-state index contributed by atoms with van der Waals surface area (Å²) in [5.41, 5.74) is 1.49. The molecule has 3 aromatic rings. The smallest absolute Gasteiger partial charge is 0.380 e. The minimum absolute atomic E-state index is 0. The number of hydrogen-bond donors (Lipinski definition) is 0. The van der Waals surface area contributed by atoms with Gasteiger partial charge in [0.15, 0.2) is 0 Å². The minimum atomic E-state index is -0.744. The van der Waals surface area contributed by atoms with Crippen molar-refractivity contribution in [2.24, 2.45) is 0 Å². The van der Waals surface area contributed by atoms with Gasteiger partial charge >= 0.3 is 11.6 Å². The molecule has 0 aliphatic carbocycles. The highest BCUT2D eigenvalue weighted by molar-refractivity contribution is 6.32. The molecular weight excluding hydrogens is 353 g/mol. The summed E-state index contributed by atoms with van der Waals surface area (Å²) >= 11 is 6.10. The van der Waals surface area contributed by atoms with Gasteiger partial charge in [0.1, 0.15) is 5.58 Å². The summed E-state index contributed by atoms with van der Waals surface area (Å²) in [6.07, 6.45) is 3.20. The Bertz CT molecular complexity index is 968. The molecule has 0 atom stereocenters. The van der Waals surface area contributed by atoms with E-state index in [0.29, 0.717) is 27.1 Å². The highest BCUT2D eigenvalue weighted by atomic mass is 35.5. The van der Waals surface area contributed by atoms with Crippen LogP contribution in [0, 0.1) is 6.92 Å². The number of fused-ring (bicyclic) bond motifs is 1. The molecule has 0 radical (unpaired) electrons. The van der Waals surface area contributed by atoms with E-state index in [2.05, 4.69) is 4.98 Å². The Morgan fingerprint density at radius 2 is 2.08 bits per heavy atom. The molecule has 0 aliphatic rings. The Morgan fingerprint density at radius 1 is 1.33 bits per heavy atom. The van der Waals surface area contributed by atoms with E-state index in [4.69, 9.17) is 20.8 Å². The fourth-order valence-corrected chi connectivity index (χ4v) is 2.50. The van der Waals surface area contributed by atoms with Crippen LogP contribution in [0.4, 0.5) is 0 Å². The minimum Gasteiger partial charge on any atom is -0.420 e. The number of ether oxygens (including phenoxy) is 1. The monoisotopic (exact) mass is 365 g/mol. The highest BCUT2D eigenvalue weighted by Gasteiger charge is 2.20. The van der Waals surface area contributed by atoms with Crippen LogP contribution < -0.4 is 10.4 Å². The van der Waals surface area contributed by atoms with Crippen LogP contribution in [0.1, 0.15) is 12.5 Å². The SMILES string of the molecule is CC(=O)Oc1c(-c2cccnc2)c2cc(C)c(Cl)cc2oc1=O.Cl. The van der Waals surface area contributed by atoms with Crippen molar-refractivity contribution in [1.29, 1.82) is 0 Å². The maximum absolute atomic E-state index is 12.3. The third kappa shape index (κ3) is 3.27. The van der Waals surface area contributed by atoms with Crippen LogP contribution >= 0.6 is 24.0 Å². The molecule has 7 heteroatoms. The van der Waals surface area contributed by atoms with Gasteiger partial charge in [-0.25, -0.2) is 4.79 Å². The fourth-order valence-electron chi connectivity index (χ4n) is 2.35. The van der Waals surface area contributed by atoms with Crippen molar-refractivity contribution < 1.29 is 13.9 Å². The van der Waals surface area contributed by atoms with Crippen molar-refractivity contribution in [1.82, 2.24) is 4.98 Å². The van der Waals surface area contributed by atoms with Crippen LogP contribution in [-0.4, -0.2) is 11.0 Å². The normalized spacial score (nSPS) is 10.3. The molecule has 0 N–H and O–H groups in total. The number of nitrogens with zero attached hydrogens (tertiary/aromatic N) is 1. The lowest BCUT2D eigenvalue weighted by molar-refractivity contribution is -0.132. The number of aryl methyl sites for hydroxylation is 1. The van der Waals surface area contributed by atoms with Gasteiger partial charge in [-0.05, 0) is 24.6 Å². The van der Waals surface area contributed by atoms with Crippen molar-refractivity contribution in [2.75, 3.05) is 0 Å². The molecule has 0 amide bonds. The zero-order chi connectivity index (χ0) is 16.6. The molecule has 1 aromatic carbocycles. The fraction of sp³-hybridized carbons (Fsp3) is 0.118. The van der Waals surface area contributed by atoms with Crippen LogP contribution in [0.3, 0.4) is 0 Å². The second-order valence-corrected chi connectivity index (χ2v) is 5.43. The lowest BCUT2D eigenvalue weighted by Gasteiger charge is -2.12. The second kappa shape index (κ2) is 7.03. The number of carbonyl (C=O) groups is 1. The first-order chi connectivity index (χ1) is 11.0. The van der Waals surface area contributed by atoms with Crippen molar-refractivity contribution in [2.45, 2.75) is 13.8 Å². The van der Waals surface area contributed by atoms with Gasteiger partial charge in [0, 0.05) is 46.9 Å². The number of carbonyl (C=O) groups excluding carboxylic acids is 1. The molecular formula is C17H13Cl2NO4. The molecule has 0 saturated carbocycles. The summed E-state index contributed by atoms with van der Waals surface area (Å²) in [6, 6.07) is 6.87. The molecule has 2 heterocycles. The van der Waals surface area contributed by atoms with Gasteiger partial charge < -0.3 is 9.15 Å². The number of rotatable bonds is 2. The van der Waals surface area contributed by atoms with Gasteiger partial charge in [0.2, 0.25) is 5.75 Å². The molecule has 0 fully saturated rings. The number of halogens is 2. The first kappa shape index (κ1) is 18.0. The Morgan fingerprint density at radius 3 is 2.71 bits per heavy atom. The van der Waals surface area contributed by atoms with Gasteiger partial charge in [0.25, 0.3) is 0 Å². The Hall–Kier alpha value is -2.37. The number of aromatic nitrogens is 1. The van der Waals surface area contributed by atoms with Crippen molar-refractivity contribution >= 4 is 40.9 Å². The molecule has 0 spiro atoms. The summed E-state index contributed by atoms with van der Waals surface area (Å²) < 4.78 is 10.4. The van der Waals surface area contributed by atoms with E-state index in [1.807, 2.05) is 6.92 Å². The van der Waals surface area contributed by atoms with Gasteiger partial charge in [-0.3, -0.25) is 9.78 Å². The average molecular weight is 366 g/mol. The van der Waals surface area contributed by atoms with E-state index in [-0.39, 0.29) is 18.2 Å². The second-order valence-electron chi connectivity index (χ2n) is 5.03. The third-order valence-corrected chi connectivity index (χ3v) is 3.75. The zero-order valence-corrected chi connectivity index (χ0v) is 14.4. The van der Waals surface area contributed by atoms with Crippen LogP contribution in [0.5, 0.6) is 5.75 Å². The molecule has 0 saturated heterocycles. The molecule has 5 nitrogen and oxygen atoms in total. The summed E-state index contributed by atoms with van der Waals surface area (Å²) in [6.45, 7) is 3.06. The zero-order valence-electron chi connectivity index (χ0n) is 12.8. The molecule has 0 unspecified atom stereocenters. The molecule has 3 rings (SSSR count). The predicted molar refractivity (Wildman–Crippen MR) is 94.0 cm³/mol. The molecule has 124 valence electrons.